The summed E-state index contributed by atoms with van der Waals surface area (Å²) < 4.78 is 38.1. The third-order valence-corrected chi connectivity index (χ3v) is 11.2. The van der Waals surface area contributed by atoms with Gasteiger partial charge in [0.1, 0.15) is 0 Å². The molecule has 0 N–H and O–H groups in total. The Morgan fingerprint density at radius 2 is 0.754 bits per heavy atom. The fraction of sp³-hybridized carbons (Fsp3) is 0. The number of nitrogens with zero attached hydrogens (tertiary/aromatic N) is 4. The third kappa shape index (κ3) is 6.86. The number of benzene rings is 9. The lowest BCUT2D eigenvalue weighted by Gasteiger charge is -2.14. The average Bonchev–Trinajstić information content (AvgIpc) is 3.74. The number of hydrogen-bond acceptors (Lipinski definition) is 3. The highest BCUT2D eigenvalue weighted by Gasteiger charge is 2.18. The molecule has 0 bridgehead atoms. The summed E-state index contributed by atoms with van der Waals surface area (Å²) in [7, 11) is 0. The molecule has 2 heterocycles. The van der Waals surface area contributed by atoms with Gasteiger partial charge in [-0.05, 0) is 75.3 Å². The molecule has 4 heteroatoms. The summed E-state index contributed by atoms with van der Waals surface area (Å²) in [6, 6.07) is 68.8. The van der Waals surface area contributed by atoms with Crippen molar-refractivity contribution in [1.29, 1.82) is 0 Å². The molecule has 0 fully saturated rings. The van der Waals surface area contributed by atoms with Gasteiger partial charge in [0, 0.05) is 38.7 Å². The monoisotopic (exact) mass is 782 g/mol. The van der Waals surface area contributed by atoms with Crippen LogP contribution < -0.4 is 0 Å². The van der Waals surface area contributed by atoms with E-state index in [0.717, 1.165) is 77.8 Å². The van der Waals surface area contributed by atoms with E-state index in [1.165, 1.54) is 0 Å². The number of rotatable bonds is 8. The topological polar surface area (TPSA) is 43.6 Å². The normalized spacial score (nSPS) is 12.2. The Kier molecular flexibility index (Phi) is 8.07. The van der Waals surface area contributed by atoms with E-state index in [4.69, 9.17) is 17.7 Å². The molecular weight excluding hydrogens is 741 g/mol. The summed E-state index contributed by atoms with van der Waals surface area (Å²) in [4.78, 5) is 14.8. The lowest BCUT2D eigenvalue weighted by molar-refractivity contribution is 1.07. The molecule has 0 spiro atoms. The van der Waals surface area contributed by atoms with E-state index in [0.29, 0.717) is 28.4 Å². The molecule has 0 aliphatic carbocycles. The first-order chi connectivity index (χ1) is 31.9. The van der Waals surface area contributed by atoms with Crippen molar-refractivity contribution in [2.24, 2.45) is 0 Å². The van der Waals surface area contributed by atoms with Crippen LogP contribution in [0.2, 0.25) is 0 Å². The highest BCUT2D eigenvalue weighted by atomic mass is 15.0. The Bertz CT molecular complexity index is 3530. The van der Waals surface area contributed by atoms with E-state index in [2.05, 4.69) is 91.0 Å². The molecule has 61 heavy (non-hydrogen) atoms. The van der Waals surface area contributed by atoms with E-state index >= 15 is 0 Å². The second-order valence-electron chi connectivity index (χ2n) is 15.0. The van der Waals surface area contributed by atoms with Crippen molar-refractivity contribution in [2.75, 3.05) is 0 Å². The maximum atomic E-state index is 9.33. The minimum absolute atomic E-state index is 0.0701. The molecule has 0 saturated carbocycles. The van der Waals surface area contributed by atoms with Crippen LogP contribution in [0, 0.1) is 0 Å². The van der Waals surface area contributed by atoms with Crippen LogP contribution in [0.3, 0.4) is 0 Å². The first kappa shape index (κ1) is 31.7. The van der Waals surface area contributed by atoms with Gasteiger partial charge in [-0.25, -0.2) is 15.0 Å². The van der Waals surface area contributed by atoms with Crippen LogP contribution in [0.25, 0.3) is 106 Å². The molecule has 11 rings (SSSR count). The second kappa shape index (κ2) is 15.5. The zero-order chi connectivity index (χ0) is 44.0. The maximum absolute atomic E-state index is 9.33. The molecule has 286 valence electrons. The van der Waals surface area contributed by atoms with Crippen LogP contribution >= 0.6 is 0 Å². The molecule has 0 saturated heterocycles. The number of para-hydroxylation sites is 2. The van der Waals surface area contributed by atoms with Gasteiger partial charge < -0.3 is 4.57 Å². The molecule has 0 aliphatic heterocycles. The van der Waals surface area contributed by atoms with Crippen LogP contribution in [0.1, 0.15) is 5.48 Å². The fourth-order valence-corrected chi connectivity index (χ4v) is 8.23. The molecular formula is C57H38N4. The predicted octanol–water partition coefficient (Wildman–Crippen LogP) is 14.6. The molecule has 2 aromatic heterocycles. The Labute approximate surface area is 360 Å². The summed E-state index contributed by atoms with van der Waals surface area (Å²) in [6.07, 6.45) is 0. The van der Waals surface area contributed by atoms with Gasteiger partial charge in [-0.2, -0.15) is 0 Å². The average molecular weight is 783 g/mol. The van der Waals surface area contributed by atoms with Gasteiger partial charge in [0.25, 0.3) is 0 Å². The fourth-order valence-electron chi connectivity index (χ4n) is 8.23. The Hall–Kier alpha value is -8.21. The van der Waals surface area contributed by atoms with Crippen LogP contribution in [0.15, 0.2) is 230 Å². The van der Waals surface area contributed by atoms with Crippen LogP contribution in [-0.2, 0) is 0 Å². The zero-order valence-electron chi connectivity index (χ0n) is 36.9. The van der Waals surface area contributed by atoms with E-state index in [1.54, 1.807) is 0 Å². The van der Waals surface area contributed by atoms with Gasteiger partial charge in [0.05, 0.1) is 16.5 Å². The summed E-state index contributed by atoms with van der Waals surface area (Å²) in [5, 5.41) is 1.22. The summed E-state index contributed by atoms with van der Waals surface area (Å²) in [6.45, 7) is 0. The number of hydrogen-bond donors (Lipinski definition) is 0. The minimum Gasteiger partial charge on any atom is -0.309 e. The van der Waals surface area contributed by atoms with Gasteiger partial charge in [0.2, 0.25) is 0 Å². The lowest BCUT2D eigenvalue weighted by Crippen LogP contribution is -2.00. The highest BCUT2D eigenvalue weighted by molar-refractivity contribution is 6.14. The molecule has 0 aliphatic rings. The quantitative estimate of drug-likeness (QED) is 0.154. The molecule has 0 amide bonds. The highest BCUT2D eigenvalue weighted by Crippen LogP contribution is 2.40. The first-order valence-corrected chi connectivity index (χ1v) is 20.3. The summed E-state index contributed by atoms with van der Waals surface area (Å²) in [5.41, 5.74) is 12.7. The Morgan fingerprint density at radius 3 is 1.38 bits per heavy atom. The predicted molar refractivity (Wildman–Crippen MR) is 252 cm³/mol. The number of fused-ring (bicyclic) bond motifs is 3. The van der Waals surface area contributed by atoms with Gasteiger partial charge in [-0.1, -0.05) is 194 Å². The largest absolute Gasteiger partial charge is 0.309 e. The minimum atomic E-state index is -0.278. The first-order valence-electron chi connectivity index (χ1n) is 22.3. The van der Waals surface area contributed by atoms with Gasteiger partial charge in [0.15, 0.2) is 17.5 Å². The van der Waals surface area contributed by atoms with E-state index in [-0.39, 0.29) is 24.2 Å². The van der Waals surface area contributed by atoms with Gasteiger partial charge >= 0.3 is 0 Å². The van der Waals surface area contributed by atoms with Gasteiger partial charge in [-0.15, -0.1) is 0 Å². The molecule has 0 unspecified atom stereocenters. The standard InChI is InChI=1S/C57H38N4/c1-4-17-39(18-5-1)42-23-12-24-43(35-42)44-25-13-28-47(36-44)50-32-16-33-52-51-31-10-11-34-53(51)61(54(50)52)49-30-15-27-46(38-49)45-26-14-29-48(37-45)57-59-55(40-19-6-2-7-20-40)58-56(60-57)41-21-8-3-9-22-41/h1-38H/i10D,11D,31D,34D. The van der Waals surface area contributed by atoms with E-state index in [9.17, 15) is 2.74 Å². The lowest BCUT2D eigenvalue weighted by atomic mass is 9.95. The van der Waals surface area contributed by atoms with Crippen molar-refractivity contribution in [3.63, 3.8) is 0 Å². The van der Waals surface area contributed by atoms with Crippen molar-refractivity contribution in [1.82, 2.24) is 19.5 Å². The van der Waals surface area contributed by atoms with Crippen LogP contribution in [0.4, 0.5) is 0 Å². The van der Waals surface area contributed by atoms with Crippen molar-refractivity contribution >= 4 is 21.8 Å². The smallest absolute Gasteiger partial charge is 0.164 e. The van der Waals surface area contributed by atoms with Crippen molar-refractivity contribution < 1.29 is 5.48 Å². The van der Waals surface area contributed by atoms with Crippen molar-refractivity contribution in [3.8, 4) is 84.4 Å². The molecule has 9 aromatic carbocycles. The van der Waals surface area contributed by atoms with Crippen LogP contribution in [0.5, 0.6) is 0 Å². The Morgan fingerprint density at radius 1 is 0.328 bits per heavy atom. The molecule has 4 nitrogen and oxygen atoms in total. The summed E-state index contributed by atoms with van der Waals surface area (Å²) >= 11 is 0. The molecule has 0 atom stereocenters. The SMILES string of the molecule is [2H]c1c([2H])c([2H])c2c(c1[2H])c1cccc(-c3cccc(-c4cccc(-c5ccccc5)c4)c3)c1n2-c1cccc(-c2cccc(-c3nc(-c4ccccc4)nc(-c4ccccc4)n3)c2)c1. The molecule has 0 radical (unpaired) electrons. The Balaban J connectivity index is 1.07. The van der Waals surface area contributed by atoms with Crippen molar-refractivity contribution in [2.45, 2.75) is 0 Å². The van der Waals surface area contributed by atoms with Gasteiger partial charge in [-0.3, -0.25) is 0 Å². The van der Waals surface area contributed by atoms with E-state index in [1.807, 2.05) is 120 Å². The third-order valence-electron chi connectivity index (χ3n) is 11.2. The second-order valence-corrected chi connectivity index (χ2v) is 15.0. The zero-order valence-corrected chi connectivity index (χ0v) is 32.9. The number of aromatic nitrogens is 4. The van der Waals surface area contributed by atoms with Crippen molar-refractivity contribution in [3.05, 3.63) is 230 Å². The van der Waals surface area contributed by atoms with E-state index < -0.39 is 0 Å². The maximum Gasteiger partial charge on any atom is 0.164 e. The molecule has 11 aromatic rings. The summed E-state index contributed by atoms with van der Waals surface area (Å²) in [5.74, 6) is 1.72. The van der Waals surface area contributed by atoms with Crippen LogP contribution in [-0.4, -0.2) is 19.5 Å².